The highest BCUT2D eigenvalue weighted by Gasteiger charge is 2.37. The van der Waals surface area contributed by atoms with E-state index in [1.54, 1.807) is 12.0 Å². The molecule has 0 radical (unpaired) electrons. The first-order chi connectivity index (χ1) is 13.1. The van der Waals surface area contributed by atoms with E-state index in [1.807, 2.05) is 62.4 Å². The van der Waals surface area contributed by atoms with Crippen LogP contribution in [0.5, 0.6) is 11.5 Å². The molecule has 0 spiro atoms. The molecule has 2 aromatic rings. The molecule has 1 aliphatic rings. The van der Waals surface area contributed by atoms with E-state index >= 15 is 0 Å². The Kier molecular flexibility index (Phi) is 6.40. The fraction of sp³-hybridized carbons (Fsp3) is 0.333. The third kappa shape index (κ3) is 4.63. The molecule has 1 amide bonds. The zero-order valence-electron chi connectivity index (χ0n) is 15.8. The van der Waals surface area contributed by atoms with Gasteiger partial charge in [-0.2, -0.15) is 0 Å². The molecule has 0 saturated carbocycles. The average Bonchev–Trinajstić information content (AvgIpc) is 2.98. The largest absolute Gasteiger partial charge is 0.497 e. The van der Waals surface area contributed by atoms with E-state index in [-0.39, 0.29) is 11.2 Å². The smallest absolute Gasteiger partial charge is 0.242 e. The molecule has 1 saturated heterocycles. The maximum absolute atomic E-state index is 12.8. The second-order valence-electron chi connectivity index (χ2n) is 6.06. The van der Waals surface area contributed by atoms with E-state index in [9.17, 15) is 4.79 Å². The van der Waals surface area contributed by atoms with E-state index in [2.05, 4.69) is 0 Å². The molecule has 0 aromatic heterocycles. The number of nitrogens with zero attached hydrogens (tertiary/aromatic N) is 2. The first-order valence-electron chi connectivity index (χ1n) is 9.07. The summed E-state index contributed by atoms with van der Waals surface area (Å²) in [6.45, 7) is 5.18. The summed E-state index contributed by atoms with van der Waals surface area (Å²) in [6.07, 6.45) is 0.673. The Morgan fingerprint density at radius 1 is 1.04 bits per heavy atom. The standard InChI is InChI=1S/C21H24N2O3S/c1-4-23-20(24)19(14-15-6-10-17(25-3)11-7-15)27-21(23)22-16-8-12-18(13-9-16)26-5-2/h6-13,19H,4-5,14H2,1-3H3/t19-/m1/s1. The molecule has 142 valence electrons. The van der Waals surface area contributed by atoms with Crippen LogP contribution in [0.1, 0.15) is 19.4 Å². The maximum atomic E-state index is 12.8. The van der Waals surface area contributed by atoms with Crippen molar-refractivity contribution in [1.82, 2.24) is 4.90 Å². The molecule has 0 bridgehead atoms. The number of carbonyl (C=O) groups is 1. The fourth-order valence-corrected chi connectivity index (χ4v) is 4.15. The zero-order chi connectivity index (χ0) is 19.2. The molecule has 27 heavy (non-hydrogen) atoms. The van der Waals surface area contributed by atoms with Crippen molar-refractivity contribution in [1.29, 1.82) is 0 Å². The minimum Gasteiger partial charge on any atom is -0.497 e. The molecule has 1 heterocycles. The van der Waals surface area contributed by atoms with E-state index < -0.39 is 0 Å². The van der Waals surface area contributed by atoms with E-state index in [0.29, 0.717) is 19.6 Å². The van der Waals surface area contributed by atoms with Gasteiger partial charge in [-0.15, -0.1) is 0 Å². The van der Waals surface area contributed by atoms with Crippen LogP contribution in [0.3, 0.4) is 0 Å². The highest BCUT2D eigenvalue weighted by Crippen LogP contribution is 2.32. The lowest BCUT2D eigenvalue weighted by molar-refractivity contribution is -0.126. The van der Waals surface area contributed by atoms with Gasteiger partial charge < -0.3 is 9.47 Å². The van der Waals surface area contributed by atoms with E-state index in [4.69, 9.17) is 14.5 Å². The Bertz CT molecular complexity index is 803. The van der Waals surface area contributed by atoms with Crippen LogP contribution in [0.4, 0.5) is 5.69 Å². The molecule has 1 aliphatic heterocycles. The topological polar surface area (TPSA) is 51.1 Å². The maximum Gasteiger partial charge on any atom is 0.242 e. The summed E-state index contributed by atoms with van der Waals surface area (Å²) in [5.41, 5.74) is 1.93. The number of ether oxygens (including phenoxy) is 2. The molecule has 2 aromatic carbocycles. The second-order valence-corrected chi connectivity index (χ2v) is 7.23. The first kappa shape index (κ1) is 19.3. The highest BCUT2D eigenvalue weighted by atomic mass is 32.2. The fourth-order valence-electron chi connectivity index (χ4n) is 2.89. The van der Waals surface area contributed by atoms with Gasteiger partial charge >= 0.3 is 0 Å². The summed E-state index contributed by atoms with van der Waals surface area (Å²) in [4.78, 5) is 19.2. The number of carbonyl (C=O) groups excluding carboxylic acids is 1. The van der Waals surface area contributed by atoms with Crippen molar-refractivity contribution in [2.24, 2.45) is 4.99 Å². The molecule has 3 rings (SSSR count). The SMILES string of the molecule is CCOc1ccc(N=C2S[C@H](Cc3ccc(OC)cc3)C(=O)N2CC)cc1. The van der Waals surface area contributed by atoms with E-state index in [0.717, 1.165) is 27.9 Å². The van der Waals surface area contributed by atoms with Crippen LogP contribution >= 0.6 is 11.8 Å². The number of methoxy groups -OCH3 is 1. The normalized spacial score (nSPS) is 18.2. The van der Waals surface area contributed by atoms with E-state index in [1.165, 1.54) is 11.8 Å². The highest BCUT2D eigenvalue weighted by molar-refractivity contribution is 8.15. The number of rotatable bonds is 7. The van der Waals surface area contributed by atoms with Crippen molar-refractivity contribution in [3.8, 4) is 11.5 Å². The van der Waals surface area contributed by atoms with Crippen LogP contribution in [0, 0.1) is 0 Å². The third-order valence-corrected chi connectivity index (χ3v) is 5.46. The molecule has 0 N–H and O–H groups in total. The molecular weight excluding hydrogens is 360 g/mol. The molecular formula is C21H24N2O3S. The minimum atomic E-state index is -0.153. The number of amides is 1. The van der Waals surface area contributed by atoms with Crippen LogP contribution in [-0.2, 0) is 11.2 Å². The summed E-state index contributed by atoms with van der Waals surface area (Å²) in [5.74, 6) is 1.75. The van der Waals surface area contributed by atoms with Gasteiger partial charge in [-0.05, 0) is 62.2 Å². The quantitative estimate of drug-likeness (QED) is 0.715. The van der Waals surface area contributed by atoms with Crippen LogP contribution in [0.25, 0.3) is 0 Å². The summed E-state index contributed by atoms with van der Waals surface area (Å²) >= 11 is 1.53. The monoisotopic (exact) mass is 384 g/mol. The van der Waals surface area contributed by atoms with Crippen LogP contribution < -0.4 is 9.47 Å². The molecule has 5 nitrogen and oxygen atoms in total. The van der Waals surface area contributed by atoms with Crippen molar-refractivity contribution < 1.29 is 14.3 Å². The number of aliphatic imine (C=N–C) groups is 1. The number of benzene rings is 2. The number of hydrogen-bond acceptors (Lipinski definition) is 5. The molecule has 6 heteroatoms. The lowest BCUT2D eigenvalue weighted by Gasteiger charge is -2.13. The summed E-state index contributed by atoms with van der Waals surface area (Å²) in [7, 11) is 1.65. The van der Waals surface area contributed by atoms with Gasteiger partial charge in [0, 0.05) is 6.54 Å². The Labute approximate surface area is 164 Å². The Balaban J connectivity index is 1.74. The molecule has 1 fully saturated rings. The summed E-state index contributed by atoms with van der Waals surface area (Å²) < 4.78 is 10.7. The van der Waals surface area contributed by atoms with Crippen molar-refractivity contribution >= 4 is 28.5 Å². The second kappa shape index (κ2) is 8.95. The van der Waals surface area contributed by atoms with Gasteiger partial charge in [0.1, 0.15) is 11.5 Å². The molecule has 0 unspecified atom stereocenters. The molecule has 0 aliphatic carbocycles. The van der Waals surface area contributed by atoms with Gasteiger partial charge in [-0.1, -0.05) is 23.9 Å². The zero-order valence-corrected chi connectivity index (χ0v) is 16.7. The van der Waals surface area contributed by atoms with Crippen LogP contribution in [-0.4, -0.2) is 41.5 Å². The van der Waals surface area contributed by atoms with Gasteiger partial charge in [0.2, 0.25) is 5.91 Å². The number of amidine groups is 1. The van der Waals surface area contributed by atoms with Gasteiger partial charge in [0.05, 0.1) is 24.7 Å². The number of hydrogen-bond donors (Lipinski definition) is 0. The predicted molar refractivity (Wildman–Crippen MR) is 110 cm³/mol. The Hall–Kier alpha value is -2.47. The Morgan fingerprint density at radius 3 is 2.30 bits per heavy atom. The average molecular weight is 385 g/mol. The van der Waals surface area contributed by atoms with Crippen molar-refractivity contribution in [3.63, 3.8) is 0 Å². The Morgan fingerprint density at radius 2 is 1.70 bits per heavy atom. The van der Waals surface area contributed by atoms with Gasteiger partial charge in [-0.3, -0.25) is 9.69 Å². The lowest BCUT2D eigenvalue weighted by atomic mass is 10.1. The van der Waals surface area contributed by atoms with Gasteiger partial charge in [0.25, 0.3) is 0 Å². The minimum absolute atomic E-state index is 0.114. The summed E-state index contributed by atoms with van der Waals surface area (Å²) in [5, 5.41) is 0.602. The predicted octanol–water partition coefficient (Wildman–Crippen LogP) is 4.29. The third-order valence-electron chi connectivity index (χ3n) is 4.29. The lowest BCUT2D eigenvalue weighted by Crippen LogP contribution is -2.32. The van der Waals surface area contributed by atoms with Crippen molar-refractivity contribution in [2.75, 3.05) is 20.3 Å². The molecule has 1 atom stereocenters. The van der Waals surface area contributed by atoms with Gasteiger partial charge in [-0.25, -0.2) is 4.99 Å². The van der Waals surface area contributed by atoms with Crippen LogP contribution in [0.2, 0.25) is 0 Å². The van der Waals surface area contributed by atoms with Gasteiger partial charge in [0.15, 0.2) is 5.17 Å². The van der Waals surface area contributed by atoms with Crippen molar-refractivity contribution in [3.05, 3.63) is 54.1 Å². The number of thioether (sulfide) groups is 1. The first-order valence-corrected chi connectivity index (χ1v) is 9.95. The van der Waals surface area contributed by atoms with Crippen molar-refractivity contribution in [2.45, 2.75) is 25.5 Å². The summed E-state index contributed by atoms with van der Waals surface area (Å²) in [6, 6.07) is 15.5. The van der Waals surface area contributed by atoms with Crippen LogP contribution in [0.15, 0.2) is 53.5 Å².